The molecule has 0 bridgehead atoms. The maximum absolute atomic E-state index is 13.4. The van der Waals surface area contributed by atoms with Gasteiger partial charge in [-0.15, -0.1) is 0 Å². The largest absolute Gasteiger partial charge is 0.497 e. The Balaban J connectivity index is 1.60. The molecular formula is C26H31N3O6S. The molecule has 2 atom stereocenters. The fraction of sp³-hybridized carbons (Fsp3) is 0.462. The van der Waals surface area contributed by atoms with Gasteiger partial charge >= 0.3 is 11.9 Å². The van der Waals surface area contributed by atoms with Crippen LogP contribution in [0.1, 0.15) is 44.7 Å². The van der Waals surface area contributed by atoms with Gasteiger partial charge in [0.05, 0.1) is 50.5 Å². The first-order valence-corrected chi connectivity index (χ1v) is 12.9. The summed E-state index contributed by atoms with van der Waals surface area (Å²) in [5.41, 5.74) is 2.60. The molecule has 4 rings (SSSR count). The van der Waals surface area contributed by atoms with E-state index in [1.807, 2.05) is 34.6 Å². The Hall–Kier alpha value is -3.27. The molecule has 36 heavy (non-hydrogen) atoms. The molecule has 1 fully saturated rings. The number of hydrogen-bond donors (Lipinski definition) is 0. The smallest absolute Gasteiger partial charge is 0.338 e. The first-order valence-electron chi connectivity index (χ1n) is 12.0. The topological polar surface area (TPSA) is 97.7 Å². The van der Waals surface area contributed by atoms with Crippen LogP contribution in [-0.4, -0.2) is 66.7 Å². The SMILES string of the molecule is CCOC(=O)[C@H]1CCCN(C(=O)CC2=CSC3=NC(C)=C(C(=O)OC)[C@@H](c4ccc(OC)cc4)N23)C1. The summed E-state index contributed by atoms with van der Waals surface area (Å²) in [7, 11) is 2.95. The van der Waals surface area contributed by atoms with Gasteiger partial charge in [0.1, 0.15) is 5.75 Å². The lowest BCUT2D eigenvalue weighted by molar-refractivity contribution is -0.151. The first kappa shape index (κ1) is 25.8. The van der Waals surface area contributed by atoms with Crippen LogP contribution in [0, 0.1) is 5.92 Å². The maximum Gasteiger partial charge on any atom is 0.338 e. The van der Waals surface area contributed by atoms with Crippen molar-refractivity contribution < 1.29 is 28.6 Å². The molecule has 0 radical (unpaired) electrons. The number of nitrogens with zero attached hydrogens (tertiary/aromatic N) is 3. The number of methoxy groups -OCH3 is 2. The molecule has 192 valence electrons. The van der Waals surface area contributed by atoms with Gasteiger partial charge in [0.2, 0.25) is 5.91 Å². The van der Waals surface area contributed by atoms with Crippen molar-refractivity contribution in [3.05, 3.63) is 52.2 Å². The third-order valence-electron chi connectivity index (χ3n) is 6.56. The van der Waals surface area contributed by atoms with Gasteiger partial charge in [-0.05, 0) is 49.8 Å². The Labute approximate surface area is 215 Å². The third-order valence-corrected chi connectivity index (χ3v) is 7.45. The number of amidine groups is 1. The molecule has 3 aliphatic rings. The normalized spacial score (nSPS) is 21.4. The van der Waals surface area contributed by atoms with Crippen LogP contribution >= 0.6 is 11.8 Å². The number of aliphatic imine (C=N–C) groups is 1. The van der Waals surface area contributed by atoms with Gasteiger partial charge in [-0.25, -0.2) is 9.79 Å². The van der Waals surface area contributed by atoms with Gasteiger partial charge in [-0.1, -0.05) is 23.9 Å². The fourth-order valence-electron chi connectivity index (χ4n) is 4.77. The van der Waals surface area contributed by atoms with Crippen LogP contribution in [0.25, 0.3) is 0 Å². The van der Waals surface area contributed by atoms with Crippen LogP contribution in [-0.2, 0) is 23.9 Å². The number of esters is 2. The number of carbonyl (C=O) groups excluding carboxylic acids is 3. The van der Waals surface area contributed by atoms with Crippen LogP contribution in [0.3, 0.4) is 0 Å². The van der Waals surface area contributed by atoms with Crippen molar-refractivity contribution >= 4 is 34.8 Å². The summed E-state index contributed by atoms with van der Waals surface area (Å²) in [6.07, 6.45) is 1.60. The van der Waals surface area contributed by atoms with E-state index in [1.165, 1.54) is 18.9 Å². The summed E-state index contributed by atoms with van der Waals surface area (Å²) in [4.78, 5) is 46.8. The van der Waals surface area contributed by atoms with Crippen molar-refractivity contribution in [1.82, 2.24) is 9.80 Å². The van der Waals surface area contributed by atoms with Crippen LogP contribution in [0.4, 0.5) is 0 Å². The molecule has 10 heteroatoms. The Morgan fingerprint density at radius 3 is 2.58 bits per heavy atom. The van der Waals surface area contributed by atoms with E-state index in [4.69, 9.17) is 14.2 Å². The molecule has 0 saturated carbocycles. The molecule has 1 amide bonds. The van der Waals surface area contributed by atoms with Gasteiger partial charge in [0, 0.05) is 18.8 Å². The fourth-order valence-corrected chi connectivity index (χ4v) is 5.73. The monoisotopic (exact) mass is 513 g/mol. The zero-order chi connectivity index (χ0) is 25.8. The van der Waals surface area contributed by atoms with E-state index in [1.54, 1.807) is 25.9 Å². The number of allylic oxidation sites excluding steroid dienone is 1. The van der Waals surface area contributed by atoms with Gasteiger partial charge in [-0.3, -0.25) is 9.59 Å². The standard InChI is InChI=1S/C26H31N3O6S/c1-5-35-24(31)18-7-6-12-28(14-18)21(30)13-19-15-36-26-27-16(2)22(25(32)34-4)23(29(19)26)17-8-10-20(33-3)11-9-17/h8-11,15,18,23H,5-7,12-14H2,1-4H3/t18-,23+/m0/s1. The van der Waals surface area contributed by atoms with Crippen molar-refractivity contribution in [2.45, 2.75) is 39.2 Å². The number of hydrogen-bond acceptors (Lipinski definition) is 9. The Bertz CT molecular complexity index is 1130. The highest BCUT2D eigenvalue weighted by Gasteiger charge is 2.41. The van der Waals surface area contributed by atoms with E-state index >= 15 is 0 Å². The lowest BCUT2D eigenvalue weighted by atomic mass is 9.93. The number of benzene rings is 1. The second-order valence-corrected chi connectivity index (χ2v) is 9.60. The second kappa shape index (κ2) is 11.2. The molecule has 0 aromatic heterocycles. The molecular weight excluding hydrogens is 482 g/mol. The van der Waals surface area contributed by atoms with Crippen molar-refractivity contribution in [2.75, 3.05) is 33.9 Å². The number of thioether (sulfide) groups is 1. The minimum absolute atomic E-state index is 0.0727. The van der Waals surface area contributed by atoms with E-state index in [0.717, 1.165) is 24.1 Å². The van der Waals surface area contributed by atoms with Gasteiger partial charge in [0.15, 0.2) is 5.17 Å². The van der Waals surface area contributed by atoms with E-state index in [0.29, 0.717) is 41.9 Å². The summed E-state index contributed by atoms with van der Waals surface area (Å²) in [6.45, 7) is 4.86. The average Bonchev–Trinajstić information content (AvgIpc) is 3.29. The van der Waals surface area contributed by atoms with Crippen LogP contribution < -0.4 is 4.74 Å². The van der Waals surface area contributed by atoms with Crippen molar-refractivity contribution in [3.63, 3.8) is 0 Å². The lowest BCUT2D eigenvalue weighted by Gasteiger charge is -2.37. The molecule has 1 aromatic rings. The first-order chi connectivity index (χ1) is 17.4. The van der Waals surface area contributed by atoms with Crippen molar-refractivity contribution in [1.29, 1.82) is 0 Å². The molecule has 3 heterocycles. The number of fused-ring (bicyclic) bond motifs is 1. The van der Waals surface area contributed by atoms with E-state index in [9.17, 15) is 14.4 Å². The van der Waals surface area contributed by atoms with Crippen molar-refractivity contribution in [3.8, 4) is 5.75 Å². The summed E-state index contributed by atoms with van der Waals surface area (Å²) in [5.74, 6) is -0.389. The Morgan fingerprint density at radius 1 is 1.17 bits per heavy atom. The highest BCUT2D eigenvalue weighted by molar-refractivity contribution is 8.16. The summed E-state index contributed by atoms with van der Waals surface area (Å²) in [6, 6.07) is 6.98. The Kier molecular flexibility index (Phi) is 8.03. The minimum atomic E-state index is -0.501. The molecule has 9 nitrogen and oxygen atoms in total. The maximum atomic E-state index is 13.4. The number of rotatable bonds is 7. The summed E-state index contributed by atoms with van der Waals surface area (Å²) in [5, 5.41) is 2.61. The van der Waals surface area contributed by atoms with Gasteiger partial charge < -0.3 is 24.0 Å². The highest BCUT2D eigenvalue weighted by Crippen LogP contribution is 2.45. The summed E-state index contributed by atoms with van der Waals surface area (Å²) < 4.78 is 15.6. The average molecular weight is 514 g/mol. The minimum Gasteiger partial charge on any atom is -0.497 e. The van der Waals surface area contributed by atoms with E-state index < -0.39 is 12.0 Å². The molecule has 3 aliphatic heterocycles. The van der Waals surface area contributed by atoms with E-state index in [-0.39, 0.29) is 24.2 Å². The quantitative estimate of drug-likeness (QED) is 0.510. The van der Waals surface area contributed by atoms with Crippen molar-refractivity contribution in [2.24, 2.45) is 10.9 Å². The molecule has 0 spiro atoms. The van der Waals surface area contributed by atoms with Crippen LogP contribution in [0.15, 0.2) is 51.6 Å². The van der Waals surface area contributed by atoms with Crippen LogP contribution in [0.2, 0.25) is 0 Å². The van der Waals surface area contributed by atoms with Crippen LogP contribution in [0.5, 0.6) is 5.75 Å². The predicted octanol–water partition coefficient (Wildman–Crippen LogP) is 3.63. The van der Waals surface area contributed by atoms with E-state index in [2.05, 4.69) is 4.99 Å². The number of carbonyl (C=O) groups is 3. The zero-order valence-corrected chi connectivity index (χ0v) is 21.8. The number of likely N-dealkylation sites (tertiary alicyclic amines) is 1. The Morgan fingerprint density at radius 2 is 1.92 bits per heavy atom. The molecule has 0 N–H and O–H groups in total. The second-order valence-electron chi connectivity index (χ2n) is 8.77. The third kappa shape index (κ3) is 5.13. The highest BCUT2D eigenvalue weighted by atomic mass is 32.2. The molecule has 0 unspecified atom stereocenters. The van der Waals surface area contributed by atoms with Gasteiger partial charge in [-0.2, -0.15) is 0 Å². The lowest BCUT2D eigenvalue weighted by Crippen LogP contribution is -2.44. The number of ether oxygens (including phenoxy) is 3. The van der Waals surface area contributed by atoms with Gasteiger partial charge in [0.25, 0.3) is 0 Å². The number of piperidine rings is 1. The summed E-state index contributed by atoms with van der Waals surface area (Å²) >= 11 is 1.42. The predicted molar refractivity (Wildman–Crippen MR) is 136 cm³/mol. The molecule has 0 aliphatic carbocycles. The number of amides is 1. The molecule has 1 aromatic carbocycles. The molecule has 1 saturated heterocycles. The zero-order valence-electron chi connectivity index (χ0n) is 21.0.